The molecule has 2 aromatic carbocycles. The Morgan fingerprint density at radius 1 is 0.958 bits per heavy atom. The lowest BCUT2D eigenvalue weighted by molar-refractivity contribution is -0.143. The maximum absolute atomic E-state index is 14.1. The van der Waals surface area contributed by atoms with Crippen LogP contribution in [0.3, 0.4) is 0 Å². The van der Waals surface area contributed by atoms with Crippen molar-refractivity contribution in [3.05, 3.63) is 110 Å². The fraction of sp³-hybridized carbons (Fsp3) is 0.394. The number of imidazole rings is 1. The molecule has 4 aromatic rings. The molecule has 48 heavy (non-hydrogen) atoms. The van der Waals surface area contributed by atoms with Crippen molar-refractivity contribution in [3.63, 3.8) is 0 Å². The first kappa shape index (κ1) is 37.2. The van der Waals surface area contributed by atoms with Crippen LogP contribution in [0.2, 0.25) is 23.2 Å². The standard InChI is InChI=1S/C33H36ClF6N3O4Si/c1-19-16-42(18-41-19)27-8-7-20(13-28(27)47-4)29(44)25-15-24(34)17-43(30(25)45)26(9-10-31(2,3)48(5,6)46)21-11-22(32(35,36)37)14-23(12-21)33(38,39)40/h7-8,11-18,26,29,44,46H,9-10H2,1-6H3. The third kappa shape index (κ3) is 7.99. The van der Waals surface area contributed by atoms with Crippen LogP contribution >= 0.6 is 11.6 Å². The number of aryl methyl sites for hydroxylation is 1. The normalized spacial score (nSPS) is 14.2. The molecule has 15 heteroatoms. The first-order valence-electron chi connectivity index (χ1n) is 14.8. The van der Waals surface area contributed by atoms with E-state index in [0.29, 0.717) is 23.6 Å². The Morgan fingerprint density at radius 2 is 1.56 bits per heavy atom. The largest absolute Gasteiger partial charge is 0.495 e. The molecule has 0 spiro atoms. The molecule has 4 rings (SSSR count). The van der Waals surface area contributed by atoms with Crippen LogP contribution in [0.25, 0.3) is 5.69 Å². The molecule has 0 saturated carbocycles. The van der Waals surface area contributed by atoms with Crippen LogP contribution in [0.5, 0.6) is 5.75 Å². The zero-order valence-corrected chi connectivity index (χ0v) is 28.8. The van der Waals surface area contributed by atoms with E-state index in [2.05, 4.69) is 4.98 Å². The Morgan fingerprint density at radius 3 is 2.06 bits per heavy atom. The van der Waals surface area contributed by atoms with Crippen LogP contribution in [-0.2, 0) is 12.4 Å². The molecular weight excluding hydrogens is 680 g/mol. The highest BCUT2D eigenvalue weighted by Gasteiger charge is 2.40. The first-order valence-corrected chi connectivity index (χ1v) is 18.2. The van der Waals surface area contributed by atoms with E-state index < -0.39 is 60.1 Å². The predicted molar refractivity (Wildman–Crippen MR) is 172 cm³/mol. The number of aromatic nitrogens is 3. The van der Waals surface area contributed by atoms with Crippen molar-refractivity contribution in [1.82, 2.24) is 14.1 Å². The van der Waals surface area contributed by atoms with Crippen molar-refractivity contribution >= 4 is 19.9 Å². The lowest BCUT2D eigenvalue weighted by Gasteiger charge is -2.36. The average Bonchev–Trinajstić information content (AvgIpc) is 3.42. The van der Waals surface area contributed by atoms with Crippen molar-refractivity contribution in [1.29, 1.82) is 0 Å². The highest BCUT2D eigenvalue weighted by molar-refractivity contribution is 6.72. The Labute approximate surface area is 279 Å². The molecule has 2 N–H and O–H groups in total. The van der Waals surface area contributed by atoms with Gasteiger partial charge in [-0.05, 0) is 85.4 Å². The summed E-state index contributed by atoms with van der Waals surface area (Å²) in [5.74, 6) is 0.325. The molecular formula is C33H36ClF6N3O4Si. The number of alkyl halides is 6. The maximum atomic E-state index is 14.1. The number of ether oxygens (including phenoxy) is 1. The Hall–Kier alpha value is -3.59. The van der Waals surface area contributed by atoms with Gasteiger partial charge in [-0.2, -0.15) is 26.3 Å². The molecule has 0 aliphatic rings. The monoisotopic (exact) mass is 715 g/mol. The van der Waals surface area contributed by atoms with Gasteiger partial charge in [-0.1, -0.05) is 31.5 Å². The van der Waals surface area contributed by atoms with Gasteiger partial charge in [-0.3, -0.25) is 4.79 Å². The zero-order valence-electron chi connectivity index (χ0n) is 27.0. The first-order chi connectivity index (χ1) is 22.0. The quantitative estimate of drug-likeness (QED) is 0.127. The number of aliphatic hydroxyl groups excluding tert-OH is 1. The highest BCUT2D eigenvalue weighted by atomic mass is 35.5. The van der Waals surface area contributed by atoms with E-state index in [-0.39, 0.29) is 35.1 Å². The summed E-state index contributed by atoms with van der Waals surface area (Å²) in [7, 11) is -1.49. The van der Waals surface area contributed by atoms with Gasteiger partial charge >= 0.3 is 12.4 Å². The summed E-state index contributed by atoms with van der Waals surface area (Å²) < 4.78 is 91.6. The number of pyridine rings is 1. The van der Waals surface area contributed by atoms with Crippen molar-refractivity contribution in [2.75, 3.05) is 7.11 Å². The van der Waals surface area contributed by atoms with E-state index in [1.165, 1.54) is 19.2 Å². The van der Waals surface area contributed by atoms with Crippen molar-refractivity contribution in [3.8, 4) is 11.4 Å². The second-order valence-electron chi connectivity index (χ2n) is 12.9. The SMILES string of the molecule is COc1cc(C(O)c2cc(Cl)cn(C(CCC(C)(C)[Si](C)(C)O)c3cc(C(F)(F)F)cc(C(F)(F)F)c3)c2=O)ccc1-n1cnc(C)c1. The molecule has 0 bridgehead atoms. The summed E-state index contributed by atoms with van der Waals surface area (Å²) in [6.45, 7) is 8.64. The molecule has 2 atom stereocenters. The number of aliphatic hydroxyl groups is 1. The highest BCUT2D eigenvalue weighted by Crippen LogP contribution is 2.44. The van der Waals surface area contributed by atoms with Gasteiger partial charge in [0.1, 0.15) is 11.9 Å². The molecule has 2 unspecified atom stereocenters. The topological polar surface area (TPSA) is 89.5 Å². The second-order valence-corrected chi connectivity index (χ2v) is 17.8. The van der Waals surface area contributed by atoms with Crippen LogP contribution in [0.1, 0.15) is 72.3 Å². The van der Waals surface area contributed by atoms with Crippen molar-refractivity contribution in [2.45, 2.75) is 76.2 Å². The van der Waals surface area contributed by atoms with E-state index >= 15 is 0 Å². The minimum absolute atomic E-state index is 0.0202. The third-order valence-electron chi connectivity index (χ3n) is 8.87. The lowest BCUT2D eigenvalue weighted by atomic mass is 9.93. The van der Waals surface area contributed by atoms with Gasteiger partial charge in [-0.15, -0.1) is 0 Å². The van der Waals surface area contributed by atoms with E-state index in [0.717, 1.165) is 16.5 Å². The number of benzene rings is 2. The van der Waals surface area contributed by atoms with E-state index in [1.807, 2.05) is 0 Å². The fourth-order valence-electron chi connectivity index (χ4n) is 5.27. The maximum Gasteiger partial charge on any atom is 0.416 e. The van der Waals surface area contributed by atoms with Gasteiger partial charge in [0, 0.05) is 12.4 Å². The van der Waals surface area contributed by atoms with Crippen molar-refractivity contribution in [2.24, 2.45) is 0 Å². The third-order valence-corrected chi connectivity index (χ3v) is 12.6. The molecule has 0 saturated heterocycles. The number of methoxy groups -OCH3 is 1. The summed E-state index contributed by atoms with van der Waals surface area (Å²) in [4.78, 5) is 29.2. The van der Waals surface area contributed by atoms with Gasteiger partial charge in [0.25, 0.3) is 5.56 Å². The van der Waals surface area contributed by atoms with Crippen LogP contribution in [-0.4, -0.2) is 39.4 Å². The minimum Gasteiger partial charge on any atom is -0.495 e. The minimum atomic E-state index is -5.12. The summed E-state index contributed by atoms with van der Waals surface area (Å²) in [5.41, 5.74) is -3.12. The number of hydrogen-bond donors (Lipinski definition) is 2. The van der Waals surface area contributed by atoms with E-state index in [1.54, 1.807) is 63.1 Å². The molecule has 0 aliphatic carbocycles. The average molecular weight is 716 g/mol. The molecule has 0 amide bonds. The Balaban J connectivity index is 1.90. The number of hydrogen-bond acceptors (Lipinski definition) is 5. The Bertz CT molecular complexity index is 1810. The van der Waals surface area contributed by atoms with Crippen LogP contribution in [0.4, 0.5) is 26.3 Å². The molecule has 7 nitrogen and oxygen atoms in total. The molecule has 260 valence electrons. The van der Waals surface area contributed by atoms with E-state index in [9.17, 15) is 41.0 Å². The van der Waals surface area contributed by atoms with Gasteiger partial charge in [0.15, 0.2) is 8.32 Å². The second kappa shape index (κ2) is 13.4. The molecule has 0 fully saturated rings. The summed E-state index contributed by atoms with van der Waals surface area (Å²) in [6.07, 6.45) is -7.41. The predicted octanol–water partition coefficient (Wildman–Crippen LogP) is 8.47. The van der Waals surface area contributed by atoms with Crippen LogP contribution in [0, 0.1) is 6.92 Å². The zero-order chi connectivity index (χ0) is 36.0. The molecule has 2 heterocycles. The van der Waals surface area contributed by atoms with Crippen LogP contribution in [0.15, 0.2) is 66.0 Å². The number of rotatable bonds is 10. The van der Waals surface area contributed by atoms with Crippen LogP contribution < -0.4 is 10.3 Å². The van der Waals surface area contributed by atoms with Gasteiger partial charge in [0.05, 0.1) is 52.6 Å². The fourth-order valence-corrected chi connectivity index (χ4v) is 6.25. The molecule has 0 aliphatic heterocycles. The number of nitrogens with zero attached hydrogens (tertiary/aromatic N) is 3. The summed E-state index contributed by atoms with van der Waals surface area (Å²) >= 11 is 6.42. The smallest absolute Gasteiger partial charge is 0.416 e. The molecule has 2 aromatic heterocycles. The molecule has 0 radical (unpaired) electrons. The summed E-state index contributed by atoms with van der Waals surface area (Å²) in [5, 5.41) is 10.6. The van der Waals surface area contributed by atoms with Crippen molar-refractivity contribution < 1.29 is 41.0 Å². The van der Waals surface area contributed by atoms with Gasteiger partial charge < -0.3 is 23.8 Å². The van der Waals surface area contributed by atoms with E-state index in [4.69, 9.17) is 16.3 Å². The lowest BCUT2D eigenvalue weighted by Crippen LogP contribution is -2.39. The number of halogens is 7. The van der Waals surface area contributed by atoms with Gasteiger partial charge in [-0.25, -0.2) is 4.98 Å². The Kier molecular flexibility index (Phi) is 10.4. The summed E-state index contributed by atoms with van der Waals surface area (Å²) in [6, 6.07) is 5.67. The van der Waals surface area contributed by atoms with Gasteiger partial charge in [0.2, 0.25) is 0 Å².